The molecule has 2 nitrogen and oxygen atoms in total. The van der Waals surface area contributed by atoms with Crippen LogP contribution >= 0.6 is 22.9 Å². The molecular formula is C17H31ClN2S. The Labute approximate surface area is 139 Å². The predicted octanol–water partition coefficient (Wildman–Crippen LogP) is 5.33. The molecular weight excluding hydrogens is 300 g/mol. The fraction of sp³-hybridized carbons (Fsp3) is 0.765. The smallest absolute Gasteiger partial charge is 0.0931 e. The summed E-state index contributed by atoms with van der Waals surface area (Å²) in [6, 6.07) is 5.16. The molecule has 0 radical (unpaired) electrons. The minimum absolute atomic E-state index is 0.152. The highest BCUT2D eigenvalue weighted by Gasteiger charge is 2.31. The zero-order valence-electron chi connectivity index (χ0n) is 14.1. The Kier molecular flexibility index (Phi) is 8.25. The first kappa shape index (κ1) is 19.0. The molecule has 4 heteroatoms. The second kappa shape index (κ2) is 9.14. The van der Waals surface area contributed by atoms with Gasteiger partial charge in [-0.05, 0) is 37.3 Å². The predicted molar refractivity (Wildman–Crippen MR) is 96.3 cm³/mol. The molecule has 2 atom stereocenters. The van der Waals surface area contributed by atoms with Crippen molar-refractivity contribution in [3.05, 3.63) is 21.3 Å². The van der Waals surface area contributed by atoms with E-state index in [1.54, 1.807) is 11.3 Å². The number of thiophene rings is 1. The summed E-state index contributed by atoms with van der Waals surface area (Å²) in [5.41, 5.74) is 6.50. The average molecular weight is 331 g/mol. The zero-order valence-corrected chi connectivity index (χ0v) is 15.7. The monoisotopic (exact) mass is 330 g/mol. The molecule has 21 heavy (non-hydrogen) atoms. The van der Waals surface area contributed by atoms with Crippen LogP contribution in [0.15, 0.2) is 12.1 Å². The molecule has 2 unspecified atom stereocenters. The Hall–Kier alpha value is -0.0900. The van der Waals surface area contributed by atoms with Crippen LogP contribution in [0.3, 0.4) is 0 Å². The summed E-state index contributed by atoms with van der Waals surface area (Å²) in [5, 5.41) is 0. The van der Waals surface area contributed by atoms with Gasteiger partial charge in [0.1, 0.15) is 0 Å². The van der Waals surface area contributed by atoms with Crippen molar-refractivity contribution in [3.63, 3.8) is 0 Å². The largest absolute Gasteiger partial charge is 0.326 e. The van der Waals surface area contributed by atoms with Crippen LogP contribution in [0.5, 0.6) is 0 Å². The van der Waals surface area contributed by atoms with Crippen molar-refractivity contribution in [2.24, 2.45) is 11.7 Å². The molecule has 0 bridgehead atoms. The summed E-state index contributed by atoms with van der Waals surface area (Å²) in [6.07, 6.45) is 3.31. The molecule has 122 valence electrons. The minimum atomic E-state index is 0.152. The maximum absolute atomic E-state index is 6.50. The number of nitrogens with zero attached hydrogens (tertiary/aromatic N) is 1. The van der Waals surface area contributed by atoms with Gasteiger partial charge in [0, 0.05) is 23.5 Å². The molecule has 0 saturated heterocycles. The highest BCUT2D eigenvalue weighted by Crippen LogP contribution is 2.35. The highest BCUT2D eigenvalue weighted by atomic mass is 35.5. The summed E-state index contributed by atoms with van der Waals surface area (Å²) < 4.78 is 0.854. The van der Waals surface area contributed by atoms with Crippen molar-refractivity contribution in [2.45, 2.75) is 72.0 Å². The SMILES string of the molecule is CCC(N)C(c1ccc(Cl)s1)N(CC(C)C)C(CC)CC. The van der Waals surface area contributed by atoms with E-state index in [0.29, 0.717) is 12.0 Å². The molecule has 1 heterocycles. The van der Waals surface area contributed by atoms with Crippen molar-refractivity contribution in [1.29, 1.82) is 0 Å². The van der Waals surface area contributed by atoms with Crippen LogP contribution in [0.25, 0.3) is 0 Å². The number of hydrogen-bond donors (Lipinski definition) is 1. The quantitative estimate of drug-likeness (QED) is 0.663. The van der Waals surface area contributed by atoms with Crippen molar-refractivity contribution >= 4 is 22.9 Å². The van der Waals surface area contributed by atoms with Gasteiger partial charge in [0.25, 0.3) is 0 Å². The van der Waals surface area contributed by atoms with Crippen LogP contribution in [0.1, 0.15) is 64.8 Å². The topological polar surface area (TPSA) is 29.3 Å². The molecule has 0 aliphatic heterocycles. The molecule has 0 aliphatic rings. The fourth-order valence-electron chi connectivity index (χ4n) is 3.00. The molecule has 0 amide bonds. The number of hydrogen-bond acceptors (Lipinski definition) is 3. The van der Waals surface area contributed by atoms with Crippen LogP contribution in [-0.4, -0.2) is 23.5 Å². The van der Waals surface area contributed by atoms with Gasteiger partial charge in [-0.2, -0.15) is 0 Å². The third-order valence-electron chi connectivity index (χ3n) is 4.11. The second-order valence-electron chi connectivity index (χ2n) is 6.22. The zero-order chi connectivity index (χ0) is 16.0. The molecule has 0 spiro atoms. The third-order valence-corrected chi connectivity index (χ3v) is 5.41. The van der Waals surface area contributed by atoms with Gasteiger partial charge >= 0.3 is 0 Å². The summed E-state index contributed by atoms with van der Waals surface area (Å²) in [6.45, 7) is 12.4. The van der Waals surface area contributed by atoms with Gasteiger partial charge in [0.2, 0.25) is 0 Å². The molecule has 0 aromatic carbocycles. The Balaban J connectivity index is 3.15. The van der Waals surface area contributed by atoms with Crippen molar-refractivity contribution in [3.8, 4) is 0 Å². The van der Waals surface area contributed by atoms with Crippen LogP contribution in [0.4, 0.5) is 0 Å². The average Bonchev–Trinajstić information content (AvgIpc) is 2.85. The number of halogens is 1. The van der Waals surface area contributed by atoms with Crippen molar-refractivity contribution < 1.29 is 0 Å². The molecule has 0 aliphatic carbocycles. The summed E-state index contributed by atoms with van der Waals surface area (Å²) in [7, 11) is 0. The van der Waals surface area contributed by atoms with Crippen LogP contribution < -0.4 is 5.73 Å². The van der Waals surface area contributed by atoms with E-state index in [1.165, 1.54) is 4.88 Å². The van der Waals surface area contributed by atoms with E-state index in [2.05, 4.69) is 45.6 Å². The van der Waals surface area contributed by atoms with Crippen molar-refractivity contribution in [2.75, 3.05) is 6.54 Å². The first-order valence-corrected chi connectivity index (χ1v) is 9.40. The highest BCUT2D eigenvalue weighted by molar-refractivity contribution is 7.16. The van der Waals surface area contributed by atoms with Gasteiger partial charge in [0.15, 0.2) is 0 Å². The molecule has 1 rings (SSSR count). The number of nitrogens with two attached hydrogens (primary N) is 1. The van der Waals surface area contributed by atoms with Crippen LogP contribution in [-0.2, 0) is 0 Å². The van der Waals surface area contributed by atoms with E-state index in [-0.39, 0.29) is 12.1 Å². The summed E-state index contributed by atoms with van der Waals surface area (Å²) in [5.74, 6) is 0.632. The molecule has 1 aromatic heterocycles. The molecule has 1 aromatic rings. The Bertz CT molecular complexity index is 401. The Morgan fingerprint density at radius 3 is 2.14 bits per heavy atom. The summed E-state index contributed by atoms with van der Waals surface area (Å²) >= 11 is 7.85. The normalized spacial score (nSPS) is 15.1. The standard InChI is InChI=1S/C17H31ClN2S/c1-6-13(7-2)20(11-12(4)5)17(14(19)8-3)15-9-10-16(18)21-15/h9-10,12-14,17H,6-8,11,19H2,1-5H3. The minimum Gasteiger partial charge on any atom is -0.326 e. The lowest BCUT2D eigenvalue weighted by atomic mass is 9.97. The van der Waals surface area contributed by atoms with E-state index in [1.807, 2.05) is 6.07 Å². The van der Waals surface area contributed by atoms with E-state index < -0.39 is 0 Å². The van der Waals surface area contributed by atoms with Gasteiger partial charge in [-0.25, -0.2) is 0 Å². The maximum atomic E-state index is 6.50. The van der Waals surface area contributed by atoms with Gasteiger partial charge in [-0.1, -0.05) is 46.2 Å². The van der Waals surface area contributed by atoms with Crippen LogP contribution in [0.2, 0.25) is 4.34 Å². The first-order chi connectivity index (χ1) is 9.94. The molecule has 0 saturated carbocycles. The third kappa shape index (κ3) is 5.24. The number of rotatable bonds is 9. The van der Waals surface area contributed by atoms with Crippen molar-refractivity contribution in [1.82, 2.24) is 4.90 Å². The second-order valence-corrected chi connectivity index (χ2v) is 7.97. The van der Waals surface area contributed by atoms with Crippen LogP contribution in [0, 0.1) is 5.92 Å². The molecule has 0 fully saturated rings. The first-order valence-electron chi connectivity index (χ1n) is 8.20. The fourth-order valence-corrected chi connectivity index (χ4v) is 4.26. The lowest BCUT2D eigenvalue weighted by Crippen LogP contribution is -2.47. The lowest BCUT2D eigenvalue weighted by Gasteiger charge is -2.41. The van der Waals surface area contributed by atoms with E-state index in [9.17, 15) is 0 Å². The van der Waals surface area contributed by atoms with Gasteiger partial charge in [0.05, 0.1) is 10.4 Å². The van der Waals surface area contributed by atoms with E-state index in [0.717, 1.165) is 30.1 Å². The molecule has 2 N–H and O–H groups in total. The Morgan fingerprint density at radius 2 is 1.76 bits per heavy atom. The lowest BCUT2D eigenvalue weighted by molar-refractivity contribution is 0.0930. The maximum Gasteiger partial charge on any atom is 0.0931 e. The van der Waals surface area contributed by atoms with E-state index in [4.69, 9.17) is 17.3 Å². The van der Waals surface area contributed by atoms with E-state index >= 15 is 0 Å². The van der Waals surface area contributed by atoms with Gasteiger partial charge in [-0.15, -0.1) is 11.3 Å². The Morgan fingerprint density at radius 1 is 1.14 bits per heavy atom. The van der Waals surface area contributed by atoms with Gasteiger partial charge < -0.3 is 5.73 Å². The summed E-state index contributed by atoms with van der Waals surface area (Å²) in [4.78, 5) is 3.93. The van der Waals surface area contributed by atoms with Gasteiger partial charge in [-0.3, -0.25) is 4.90 Å².